The second kappa shape index (κ2) is 7.33. The predicted molar refractivity (Wildman–Crippen MR) is 102 cm³/mol. The summed E-state index contributed by atoms with van der Waals surface area (Å²) in [6, 6.07) is 11.6. The molecule has 1 aliphatic rings. The number of rotatable bonds is 3. The Morgan fingerprint density at radius 2 is 2.15 bits per heavy atom. The fraction of sp³-hybridized carbons (Fsp3) is 0.300. The molecular weight excluding hydrogens is 344 g/mol. The average molecular weight is 364 g/mol. The smallest absolute Gasteiger partial charge is 0.272 e. The normalized spacial score (nSPS) is 17.3. The van der Waals surface area contributed by atoms with E-state index in [-0.39, 0.29) is 11.8 Å². The van der Waals surface area contributed by atoms with Gasteiger partial charge in [-0.15, -0.1) is 11.3 Å². The van der Waals surface area contributed by atoms with Crippen LogP contribution in [-0.4, -0.2) is 38.8 Å². The van der Waals surface area contributed by atoms with Gasteiger partial charge in [0.05, 0.1) is 10.6 Å². The first-order valence-electron chi connectivity index (χ1n) is 8.80. The van der Waals surface area contributed by atoms with E-state index in [2.05, 4.69) is 21.4 Å². The summed E-state index contributed by atoms with van der Waals surface area (Å²) in [4.78, 5) is 29.4. The molecule has 0 bridgehead atoms. The molecule has 1 atom stereocenters. The van der Waals surface area contributed by atoms with Crippen molar-refractivity contribution in [1.82, 2.24) is 19.9 Å². The van der Waals surface area contributed by atoms with Gasteiger partial charge in [-0.2, -0.15) is 0 Å². The van der Waals surface area contributed by atoms with E-state index in [1.54, 1.807) is 23.6 Å². The highest BCUT2D eigenvalue weighted by Gasteiger charge is 2.28. The molecule has 26 heavy (non-hydrogen) atoms. The SMILES string of the molecule is Cc1cc(-c2cccs2)nc([C@@H]2CCCN(C(=O)c3ccccn3)C2)n1. The average Bonchev–Trinajstić information content (AvgIpc) is 3.23. The molecule has 1 fully saturated rings. The minimum Gasteiger partial charge on any atom is -0.337 e. The maximum Gasteiger partial charge on any atom is 0.272 e. The first kappa shape index (κ1) is 16.8. The van der Waals surface area contributed by atoms with Crippen LogP contribution in [-0.2, 0) is 0 Å². The number of nitrogens with zero attached hydrogens (tertiary/aromatic N) is 4. The van der Waals surface area contributed by atoms with E-state index in [0.29, 0.717) is 12.2 Å². The maximum absolute atomic E-state index is 12.7. The van der Waals surface area contributed by atoms with Crippen LogP contribution >= 0.6 is 11.3 Å². The highest BCUT2D eigenvalue weighted by Crippen LogP contribution is 2.29. The molecule has 1 saturated heterocycles. The van der Waals surface area contributed by atoms with Crippen molar-refractivity contribution < 1.29 is 4.79 Å². The molecule has 0 unspecified atom stereocenters. The van der Waals surface area contributed by atoms with Gasteiger partial charge >= 0.3 is 0 Å². The van der Waals surface area contributed by atoms with Crippen LogP contribution < -0.4 is 0 Å². The Kier molecular flexibility index (Phi) is 4.75. The van der Waals surface area contributed by atoms with Crippen LogP contribution in [0.25, 0.3) is 10.6 Å². The minimum atomic E-state index is -0.0126. The second-order valence-corrected chi connectivity index (χ2v) is 7.48. The quantitative estimate of drug-likeness (QED) is 0.706. The van der Waals surface area contributed by atoms with Crippen molar-refractivity contribution in [2.45, 2.75) is 25.7 Å². The first-order valence-corrected chi connectivity index (χ1v) is 9.68. The van der Waals surface area contributed by atoms with Crippen molar-refractivity contribution in [1.29, 1.82) is 0 Å². The lowest BCUT2D eigenvalue weighted by Gasteiger charge is -2.32. The number of piperidine rings is 1. The monoisotopic (exact) mass is 364 g/mol. The van der Waals surface area contributed by atoms with Gasteiger partial charge in [0, 0.05) is 30.9 Å². The third-order valence-corrected chi connectivity index (χ3v) is 5.50. The summed E-state index contributed by atoms with van der Waals surface area (Å²) >= 11 is 1.68. The van der Waals surface area contributed by atoms with Gasteiger partial charge in [0.2, 0.25) is 0 Å². The summed E-state index contributed by atoms with van der Waals surface area (Å²) in [6.07, 6.45) is 3.61. The van der Waals surface area contributed by atoms with Gasteiger partial charge in [0.1, 0.15) is 11.5 Å². The number of hydrogen-bond acceptors (Lipinski definition) is 5. The van der Waals surface area contributed by atoms with E-state index < -0.39 is 0 Å². The number of thiophene rings is 1. The summed E-state index contributed by atoms with van der Waals surface area (Å²) in [6.45, 7) is 3.40. The van der Waals surface area contributed by atoms with Gasteiger partial charge < -0.3 is 4.90 Å². The fourth-order valence-electron chi connectivity index (χ4n) is 3.35. The third-order valence-electron chi connectivity index (χ3n) is 4.60. The van der Waals surface area contributed by atoms with E-state index in [1.165, 1.54) is 0 Å². The molecule has 132 valence electrons. The number of aromatic nitrogens is 3. The molecule has 6 heteroatoms. The number of hydrogen-bond donors (Lipinski definition) is 0. The van der Waals surface area contributed by atoms with Gasteiger partial charge in [0.25, 0.3) is 5.91 Å². The van der Waals surface area contributed by atoms with E-state index in [1.807, 2.05) is 36.1 Å². The molecule has 3 aromatic heterocycles. The molecule has 0 spiro atoms. The van der Waals surface area contributed by atoms with Gasteiger partial charge in [-0.25, -0.2) is 9.97 Å². The molecular formula is C20H20N4OS. The lowest BCUT2D eigenvalue weighted by Crippen LogP contribution is -2.39. The van der Waals surface area contributed by atoms with Crippen molar-refractivity contribution >= 4 is 17.2 Å². The van der Waals surface area contributed by atoms with Crippen molar-refractivity contribution in [3.63, 3.8) is 0 Å². The Balaban J connectivity index is 1.57. The van der Waals surface area contributed by atoms with Gasteiger partial charge in [-0.1, -0.05) is 12.1 Å². The zero-order chi connectivity index (χ0) is 17.9. The highest BCUT2D eigenvalue weighted by molar-refractivity contribution is 7.13. The molecule has 4 rings (SSSR count). The van der Waals surface area contributed by atoms with Crippen molar-refractivity contribution in [3.05, 3.63) is 65.2 Å². The third kappa shape index (κ3) is 3.51. The predicted octanol–water partition coefficient (Wildman–Crippen LogP) is 3.93. The first-order chi connectivity index (χ1) is 12.7. The summed E-state index contributed by atoms with van der Waals surface area (Å²) in [7, 11) is 0. The van der Waals surface area contributed by atoms with Crippen LogP contribution in [0.4, 0.5) is 0 Å². The van der Waals surface area contributed by atoms with Crippen molar-refractivity contribution in [3.8, 4) is 10.6 Å². The molecule has 1 aliphatic heterocycles. The molecule has 1 amide bonds. The van der Waals surface area contributed by atoms with Crippen LogP contribution in [0, 0.1) is 6.92 Å². The zero-order valence-electron chi connectivity index (χ0n) is 14.6. The van der Waals surface area contributed by atoms with E-state index >= 15 is 0 Å². The largest absolute Gasteiger partial charge is 0.337 e. The number of pyridine rings is 1. The Hall–Kier alpha value is -2.60. The van der Waals surface area contributed by atoms with Crippen molar-refractivity contribution in [2.24, 2.45) is 0 Å². The van der Waals surface area contributed by atoms with Crippen molar-refractivity contribution in [2.75, 3.05) is 13.1 Å². The molecule has 0 aromatic carbocycles. The van der Waals surface area contributed by atoms with Crippen LogP contribution in [0.5, 0.6) is 0 Å². The fourth-order valence-corrected chi connectivity index (χ4v) is 4.03. The van der Waals surface area contributed by atoms with Crippen LogP contribution in [0.2, 0.25) is 0 Å². The number of carbonyl (C=O) groups excluding carboxylic acids is 1. The molecule has 0 saturated carbocycles. The number of aryl methyl sites for hydroxylation is 1. The molecule has 0 N–H and O–H groups in total. The lowest BCUT2D eigenvalue weighted by atomic mass is 9.96. The second-order valence-electron chi connectivity index (χ2n) is 6.54. The van der Waals surface area contributed by atoms with Crippen LogP contribution in [0.3, 0.4) is 0 Å². The number of likely N-dealkylation sites (tertiary alicyclic amines) is 1. The molecule has 3 aromatic rings. The minimum absolute atomic E-state index is 0.0126. The summed E-state index contributed by atoms with van der Waals surface area (Å²) in [5, 5.41) is 2.06. The lowest BCUT2D eigenvalue weighted by molar-refractivity contribution is 0.0698. The topological polar surface area (TPSA) is 59.0 Å². The van der Waals surface area contributed by atoms with Crippen LogP contribution in [0.15, 0.2) is 48.0 Å². The van der Waals surface area contributed by atoms with E-state index in [0.717, 1.165) is 41.5 Å². The van der Waals surface area contributed by atoms with Gasteiger partial charge in [-0.3, -0.25) is 9.78 Å². The Labute approximate surface area is 156 Å². The summed E-state index contributed by atoms with van der Waals surface area (Å²) < 4.78 is 0. The van der Waals surface area contributed by atoms with Gasteiger partial charge in [0.15, 0.2) is 0 Å². The molecule has 0 radical (unpaired) electrons. The maximum atomic E-state index is 12.7. The van der Waals surface area contributed by atoms with E-state index in [4.69, 9.17) is 4.98 Å². The van der Waals surface area contributed by atoms with Gasteiger partial charge in [-0.05, 0) is 49.4 Å². The Morgan fingerprint density at radius 3 is 2.92 bits per heavy atom. The standard InChI is InChI=1S/C20H20N4OS/c1-14-12-17(18-8-5-11-26-18)23-19(22-14)15-6-4-10-24(13-15)20(25)16-7-2-3-9-21-16/h2-3,5,7-9,11-12,15H,4,6,10,13H2,1H3/t15-/m1/s1. The van der Waals surface area contributed by atoms with Crippen LogP contribution in [0.1, 0.15) is 40.8 Å². The zero-order valence-corrected chi connectivity index (χ0v) is 15.4. The number of carbonyl (C=O) groups is 1. The molecule has 5 nitrogen and oxygen atoms in total. The molecule has 4 heterocycles. The Morgan fingerprint density at radius 1 is 1.23 bits per heavy atom. The summed E-state index contributed by atoms with van der Waals surface area (Å²) in [5.41, 5.74) is 2.43. The number of amides is 1. The van der Waals surface area contributed by atoms with E-state index in [9.17, 15) is 4.79 Å². The Bertz CT molecular complexity index is 895. The summed E-state index contributed by atoms with van der Waals surface area (Å²) in [5.74, 6) is 0.989. The molecule has 0 aliphatic carbocycles. The highest BCUT2D eigenvalue weighted by atomic mass is 32.1.